The van der Waals surface area contributed by atoms with Crippen LogP contribution in [0, 0.1) is 6.92 Å². The van der Waals surface area contributed by atoms with Crippen molar-refractivity contribution in [3.05, 3.63) is 23.9 Å². The number of anilines is 1. The van der Waals surface area contributed by atoms with Crippen molar-refractivity contribution in [1.82, 2.24) is 10.3 Å². The maximum Gasteiger partial charge on any atom is 0.291 e. The minimum absolute atomic E-state index is 0.214. The first kappa shape index (κ1) is 11.6. The van der Waals surface area contributed by atoms with Crippen LogP contribution >= 0.6 is 0 Å². The number of carbonyl (C=O) groups excluding carboxylic acids is 1. The number of nitrogens with one attached hydrogen (secondary N) is 2. The Labute approximate surface area is 100 Å². The fourth-order valence-electron chi connectivity index (χ4n) is 1.63. The zero-order valence-corrected chi connectivity index (χ0v) is 9.86. The van der Waals surface area contributed by atoms with E-state index >= 15 is 0 Å². The molecule has 5 heteroatoms. The number of hydrogen-bond acceptors (Lipinski definition) is 4. The molecule has 5 nitrogen and oxygen atoms in total. The van der Waals surface area contributed by atoms with Crippen LogP contribution in [-0.2, 0) is 4.79 Å². The molecule has 1 aromatic rings. The van der Waals surface area contributed by atoms with Crippen molar-refractivity contribution in [3.63, 3.8) is 0 Å². The molecule has 0 saturated carbocycles. The number of carbonyl (C=O) groups is 1. The van der Waals surface area contributed by atoms with Crippen LogP contribution in [0.5, 0.6) is 0 Å². The van der Waals surface area contributed by atoms with Gasteiger partial charge >= 0.3 is 0 Å². The summed E-state index contributed by atoms with van der Waals surface area (Å²) in [5.74, 6) is 0.785. The van der Waals surface area contributed by atoms with Crippen LogP contribution in [-0.4, -0.2) is 29.8 Å². The van der Waals surface area contributed by atoms with Crippen LogP contribution in [0.25, 0.3) is 0 Å². The number of pyridine rings is 1. The normalized spacial score (nSPS) is 15.5. The van der Waals surface area contributed by atoms with E-state index in [2.05, 4.69) is 20.6 Å². The average molecular weight is 232 g/mol. The van der Waals surface area contributed by atoms with Crippen molar-refractivity contribution in [2.24, 2.45) is 4.99 Å². The van der Waals surface area contributed by atoms with Gasteiger partial charge in [-0.3, -0.25) is 9.79 Å². The molecule has 0 bridgehead atoms. The summed E-state index contributed by atoms with van der Waals surface area (Å²) in [6, 6.07) is 3.75. The summed E-state index contributed by atoms with van der Waals surface area (Å²) in [6.45, 7) is 3.41. The Hall–Kier alpha value is -1.91. The second-order valence-corrected chi connectivity index (χ2v) is 3.99. The van der Waals surface area contributed by atoms with Gasteiger partial charge in [0.2, 0.25) is 0 Å². The molecular formula is C12H16N4O. The molecule has 1 aliphatic rings. The lowest BCUT2D eigenvalue weighted by Crippen LogP contribution is -2.35. The summed E-state index contributed by atoms with van der Waals surface area (Å²) in [6.07, 6.45) is 3.72. The fourth-order valence-corrected chi connectivity index (χ4v) is 1.63. The number of aromatic nitrogens is 1. The predicted molar refractivity (Wildman–Crippen MR) is 67.1 cm³/mol. The van der Waals surface area contributed by atoms with Gasteiger partial charge in [0.25, 0.3) is 5.91 Å². The van der Waals surface area contributed by atoms with Gasteiger partial charge in [-0.25, -0.2) is 4.98 Å². The largest absolute Gasteiger partial charge is 0.366 e. The van der Waals surface area contributed by atoms with Crippen molar-refractivity contribution in [1.29, 1.82) is 0 Å². The van der Waals surface area contributed by atoms with E-state index in [1.807, 2.05) is 19.1 Å². The highest BCUT2D eigenvalue weighted by Crippen LogP contribution is 2.09. The summed E-state index contributed by atoms with van der Waals surface area (Å²) in [7, 11) is 0. The third kappa shape index (κ3) is 3.03. The standard InChI is InChI=1S/C12H16N4O/c1-9-5-4-8-13-10(9)16-12(17)11-14-6-2-3-7-15-11/h4-5,8H,2-3,6-7H2,1H3,(H,14,15)(H,13,16,17). The molecule has 0 aromatic carbocycles. The van der Waals surface area contributed by atoms with Crippen LogP contribution in [0.15, 0.2) is 23.3 Å². The lowest BCUT2D eigenvalue weighted by molar-refractivity contribution is -0.110. The molecule has 2 N–H and O–H groups in total. The van der Waals surface area contributed by atoms with Crippen LogP contribution in [0.4, 0.5) is 5.82 Å². The minimum Gasteiger partial charge on any atom is -0.366 e. The number of amides is 1. The maximum absolute atomic E-state index is 11.9. The van der Waals surface area contributed by atoms with Crippen molar-refractivity contribution in [3.8, 4) is 0 Å². The molecule has 2 heterocycles. The molecule has 0 aliphatic carbocycles. The number of aliphatic imine (C=N–C) groups is 1. The van der Waals surface area contributed by atoms with Crippen LogP contribution in [0.3, 0.4) is 0 Å². The molecule has 1 aliphatic heterocycles. The third-order valence-corrected chi connectivity index (χ3v) is 2.60. The Bertz CT molecular complexity index is 442. The molecular weight excluding hydrogens is 216 g/mol. The third-order valence-electron chi connectivity index (χ3n) is 2.60. The van der Waals surface area contributed by atoms with Gasteiger partial charge in [-0.05, 0) is 31.4 Å². The average Bonchev–Trinajstić information content (AvgIpc) is 2.61. The highest BCUT2D eigenvalue weighted by atomic mass is 16.2. The molecule has 17 heavy (non-hydrogen) atoms. The molecule has 0 atom stereocenters. The van der Waals surface area contributed by atoms with Crippen LogP contribution < -0.4 is 10.6 Å². The van der Waals surface area contributed by atoms with E-state index in [4.69, 9.17) is 0 Å². The number of hydrogen-bond donors (Lipinski definition) is 2. The molecule has 0 unspecified atom stereocenters. The highest BCUT2D eigenvalue weighted by Gasteiger charge is 2.14. The lowest BCUT2D eigenvalue weighted by Gasteiger charge is -2.09. The van der Waals surface area contributed by atoms with E-state index in [0.29, 0.717) is 18.2 Å². The SMILES string of the molecule is Cc1cccnc1NC(=O)C1=NCCCCN1. The first-order valence-electron chi connectivity index (χ1n) is 5.78. The van der Waals surface area contributed by atoms with E-state index in [9.17, 15) is 4.79 Å². The molecule has 0 saturated heterocycles. The Balaban J connectivity index is 2.06. The van der Waals surface area contributed by atoms with Gasteiger partial charge < -0.3 is 10.6 Å². The Morgan fingerprint density at radius 1 is 1.47 bits per heavy atom. The Kier molecular flexibility index (Phi) is 3.69. The summed E-state index contributed by atoms with van der Waals surface area (Å²) in [5.41, 5.74) is 0.940. The monoisotopic (exact) mass is 232 g/mol. The van der Waals surface area contributed by atoms with Gasteiger partial charge in [-0.2, -0.15) is 0 Å². The second-order valence-electron chi connectivity index (χ2n) is 3.99. The molecule has 1 aromatic heterocycles. The lowest BCUT2D eigenvalue weighted by atomic mass is 10.3. The zero-order valence-electron chi connectivity index (χ0n) is 9.86. The van der Waals surface area contributed by atoms with Crippen molar-refractivity contribution in [2.45, 2.75) is 19.8 Å². The molecule has 2 rings (SSSR count). The molecule has 0 fully saturated rings. The smallest absolute Gasteiger partial charge is 0.291 e. The summed E-state index contributed by atoms with van der Waals surface area (Å²) in [5, 5.41) is 5.80. The number of nitrogens with zero attached hydrogens (tertiary/aromatic N) is 2. The van der Waals surface area contributed by atoms with Gasteiger partial charge in [-0.1, -0.05) is 6.07 Å². The zero-order chi connectivity index (χ0) is 12.1. The van der Waals surface area contributed by atoms with E-state index in [1.54, 1.807) is 6.20 Å². The number of amidine groups is 1. The number of rotatable bonds is 2. The van der Waals surface area contributed by atoms with E-state index < -0.39 is 0 Å². The number of aryl methyl sites for hydroxylation is 1. The van der Waals surface area contributed by atoms with E-state index in [1.165, 1.54) is 0 Å². The van der Waals surface area contributed by atoms with Gasteiger partial charge in [-0.15, -0.1) is 0 Å². The second kappa shape index (κ2) is 5.43. The fraction of sp³-hybridized carbons (Fsp3) is 0.417. The minimum atomic E-state index is -0.214. The molecule has 90 valence electrons. The molecule has 1 amide bonds. The quantitative estimate of drug-likeness (QED) is 0.802. The molecule has 0 spiro atoms. The van der Waals surface area contributed by atoms with Crippen molar-refractivity contribution >= 4 is 17.6 Å². The molecule has 0 radical (unpaired) electrons. The van der Waals surface area contributed by atoms with E-state index in [-0.39, 0.29) is 5.91 Å². The first-order valence-corrected chi connectivity index (χ1v) is 5.78. The van der Waals surface area contributed by atoms with Gasteiger partial charge in [0, 0.05) is 19.3 Å². The summed E-state index contributed by atoms with van der Waals surface area (Å²) >= 11 is 0. The van der Waals surface area contributed by atoms with Gasteiger partial charge in [0.15, 0.2) is 5.84 Å². The Morgan fingerprint density at radius 2 is 2.35 bits per heavy atom. The Morgan fingerprint density at radius 3 is 3.18 bits per heavy atom. The van der Waals surface area contributed by atoms with Crippen molar-refractivity contribution < 1.29 is 4.79 Å². The maximum atomic E-state index is 11.9. The predicted octanol–water partition coefficient (Wildman–Crippen LogP) is 1.11. The van der Waals surface area contributed by atoms with Gasteiger partial charge in [0.1, 0.15) is 5.82 Å². The van der Waals surface area contributed by atoms with Crippen LogP contribution in [0.1, 0.15) is 18.4 Å². The summed E-state index contributed by atoms with van der Waals surface area (Å²) in [4.78, 5) is 20.3. The topological polar surface area (TPSA) is 66.4 Å². The highest BCUT2D eigenvalue weighted by molar-refractivity contribution is 6.42. The van der Waals surface area contributed by atoms with E-state index in [0.717, 1.165) is 24.9 Å². The van der Waals surface area contributed by atoms with Crippen LogP contribution in [0.2, 0.25) is 0 Å². The van der Waals surface area contributed by atoms with Crippen molar-refractivity contribution in [2.75, 3.05) is 18.4 Å². The van der Waals surface area contributed by atoms with Gasteiger partial charge in [0.05, 0.1) is 0 Å². The first-order chi connectivity index (χ1) is 8.27. The summed E-state index contributed by atoms with van der Waals surface area (Å²) < 4.78 is 0.